The summed E-state index contributed by atoms with van der Waals surface area (Å²) < 4.78 is 5.37. The lowest BCUT2D eigenvalue weighted by Crippen LogP contribution is -2.12. The molecule has 0 radical (unpaired) electrons. The number of nitrogens with two attached hydrogens (primary N) is 1. The third-order valence-corrected chi connectivity index (χ3v) is 2.32. The van der Waals surface area contributed by atoms with Crippen molar-refractivity contribution in [2.24, 2.45) is 5.73 Å². The second-order valence-electron chi connectivity index (χ2n) is 3.46. The molecule has 7 nitrogen and oxygen atoms in total. The minimum Gasteiger partial charge on any atom is -0.437 e. The fraction of sp³-hybridized carbons (Fsp3) is 0. The lowest BCUT2D eigenvalue weighted by Gasteiger charge is -2.05. The van der Waals surface area contributed by atoms with Crippen molar-refractivity contribution in [3.05, 3.63) is 52.5 Å². The fourth-order valence-electron chi connectivity index (χ4n) is 1.30. The summed E-state index contributed by atoms with van der Waals surface area (Å²) in [6.45, 7) is 0. The van der Waals surface area contributed by atoms with Gasteiger partial charge in [0.2, 0.25) is 5.88 Å². The van der Waals surface area contributed by atoms with E-state index in [1.807, 2.05) is 0 Å². The molecule has 2 N–H and O–H groups in total. The first kappa shape index (κ1) is 12.8. The van der Waals surface area contributed by atoms with Crippen LogP contribution in [0.5, 0.6) is 11.6 Å². The topological polar surface area (TPSA) is 104 Å². The van der Waals surface area contributed by atoms with E-state index in [9.17, 15) is 10.1 Å². The molecule has 0 atom stereocenters. The molecule has 2 rings (SSSR count). The van der Waals surface area contributed by atoms with Gasteiger partial charge in [-0.2, -0.15) is 0 Å². The number of nitro benzene ring substituents is 1. The number of hydrogen-bond donors (Lipinski definition) is 1. The van der Waals surface area contributed by atoms with Crippen LogP contribution in [0, 0.1) is 10.1 Å². The number of benzene rings is 1. The molecule has 19 heavy (non-hydrogen) atoms. The van der Waals surface area contributed by atoms with Crippen molar-refractivity contribution in [1.82, 2.24) is 9.97 Å². The van der Waals surface area contributed by atoms with Gasteiger partial charge in [0.1, 0.15) is 16.4 Å². The van der Waals surface area contributed by atoms with Crippen LogP contribution >= 0.6 is 12.2 Å². The van der Waals surface area contributed by atoms with Crippen LogP contribution in [0.1, 0.15) is 5.69 Å². The van der Waals surface area contributed by atoms with Gasteiger partial charge >= 0.3 is 0 Å². The smallest absolute Gasteiger partial charge is 0.273 e. The third kappa shape index (κ3) is 3.19. The number of thiocarbonyl (C=S) groups is 1. The van der Waals surface area contributed by atoms with Crippen LogP contribution < -0.4 is 10.5 Å². The second-order valence-corrected chi connectivity index (χ2v) is 3.90. The van der Waals surface area contributed by atoms with Gasteiger partial charge in [-0.25, -0.2) is 4.98 Å². The quantitative estimate of drug-likeness (QED) is 0.515. The Balaban J connectivity index is 2.26. The van der Waals surface area contributed by atoms with Crippen LogP contribution in [0.3, 0.4) is 0 Å². The van der Waals surface area contributed by atoms with E-state index in [0.717, 1.165) is 0 Å². The highest BCUT2D eigenvalue weighted by Gasteiger charge is 2.08. The average molecular weight is 276 g/mol. The highest BCUT2D eigenvalue weighted by Crippen LogP contribution is 2.23. The van der Waals surface area contributed by atoms with Gasteiger partial charge in [0, 0.05) is 6.07 Å². The highest BCUT2D eigenvalue weighted by atomic mass is 32.1. The minimum atomic E-state index is -0.510. The van der Waals surface area contributed by atoms with Gasteiger partial charge in [-0.15, -0.1) is 0 Å². The van der Waals surface area contributed by atoms with Crippen molar-refractivity contribution in [2.75, 3.05) is 0 Å². The molecular weight excluding hydrogens is 268 g/mol. The van der Waals surface area contributed by atoms with E-state index < -0.39 is 4.92 Å². The summed E-state index contributed by atoms with van der Waals surface area (Å²) in [6.07, 6.45) is 2.77. The van der Waals surface area contributed by atoms with Crippen molar-refractivity contribution in [1.29, 1.82) is 0 Å². The summed E-state index contributed by atoms with van der Waals surface area (Å²) in [5, 5.41) is 10.6. The zero-order chi connectivity index (χ0) is 13.8. The van der Waals surface area contributed by atoms with Crippen molar-refractivity contribution < 1.29 is 9.66 Å². The van der Waals surface area contributed by atoms with Crippen LogP contribution in [-0.2, 0) is 0 Å². The first-order chi connectivity index (χ1) is 9.06. The van der Waals surface area contributed by atoms with Gasteiger partial charge in [-0.3, -0.25) is 15.1 Å². The zero-order valence-corrected chi connectivity index (χ0v) is 10.3. The molecule has 1 aromatic heterocycles. The van der Waals surface area contributed by atoms with E-state index in [1.165, 1.54) is 30.6 Å². The normalized spacial score (nSPS) is 9.89. The standard InChI is InChI=1S/C11H8N4O3S/c12-11(19)9-5-13-6-10(14-9)18-8-3-1-2-7(4-8)15(16)17/h1-6H,(H2,12,19). The van der Waals surface area contributed by atoms with Crippen LogP contribution in [-0.4, -0.2) is 19.9 Å². The molecule has 0 bridgehead atoms. The monoisotopic (exact) mass is 276 g/mol. The molecule has 96 valence electrons. The third-order valence-electron chi connectivity index (χ3n) is 2.12. The molecule has 0 aliphatic heterocycles. The molecule has 1 aromatic carbocycles. The number of non-ortho nitro benzene ring substituents is 1. The van der Waals surface area contributed by atoms with Crippen LogP contribution in [0.25, 0.3) is 0 Å². The Kier molecular flexibility index (Phi) is 3.62. The van der Waals surface area contributed by atoms with Gasteiger partial charge in [-0.05, 0) is 6.07 Å². The van der Waals surface area contributed by atoms with Crippen LogP contribution in [0.15, 0.2) is 36.7 Å². The zero-order valence-electron chi connectivity index (χ0n) is 9.52. The van der Waals surface area contributed by atoms with Crippen molar-refractivity contribution in [3.63, 3.8) is 0 Å². The molecule has 0 fully saturated rings. The first-order valence-corrected chi connectivity index (χ1v) is 5.51. The summed E-state index contributed by atoms with van der Waals surface area (Å²) in [5.41, 5.74) is 5.67. The average Bonchev–Trinajstić information content (AvgIpc) is 2.39. The predicted molar refractivity (Wildman–Crippen MR) is 71.1 cm³/mol. The van der Waals surface area contributed by atoms with Gasteiger partial charge in [-0.1, -0.05) is 18.3 Å². The summed E-state index contributed by atoms with van der Waals surface area (Å²) in [6, 6.07) is 5.74. The molecular formula is C11H8N4O3S. The number of aromatic nitrogens is 2. The fourth-order valence-corrected chi connectivity index (χ4v) is 1.40. The van der Waals surface area contributed by atoms with Gasteiger partial charge in [0.25, 0.3) is 5.69 Å². The summed E-state index contributed by atoms with van der Waals surface area (Å²) in [5.74, 6) is 0.439. The number of hydrogen-bond acceptors (Lipinski definition) is 6. The van der Waals surface area contributed by atoms with Crippen LogP contribution in [0.4, 0.5) is 5.69 Å². The Morgan fingerprint density at radius 3 is 2.89 bits per heavy atom. The maximum absolute atomic E-state index is 10.6. The molecule has 0 saturated carbocycles. The molecule has 0 amide bonds. The molecule has 0 aliphatic rings. The number of rotatable bonds is 4. The molecule has 8 heteroatoms. The molecule has 0 unspecified atom stereocenters. The lowest BCUT2D eigenvalue weighted by atomic mass is 10.3. The van der Waals surface area contributed by atoms with Gasteiger partial charge < -0.3 is 10.5 Å². The van der Waals surface area contributed by atoms with E-state index in [2.05, 4.69) is 9.97 Å². The van der Waals surface area contributed by atoms with Crippen molar-refractivity contribution in [3.8, 4) is 11.6 Å². The maximum Gasteiger partial charge on any atom is 0.273 e. The summed E-state index contributed by atoms with van der Waals surface area (Å²) in [7, 11) is 0. The Morgan fingerprint density at radius 2 is 2.21 bits per heavy atom. The van der Waals surface area contributed by atoms with Crippen molar-refractivity contribution >= 4 is 22.9 Å². The van der Waals surface area contributed by atoms with E-state index in [-0.39, 0.29) is 22.3 Å². The van der Waals surface area contributed by atoms with E-state index in [4.69, 9.17) is 22.7 Å². The Labute approximate surface area is 113 Å². The first-order valence-electron chi connectivity index (χ1n) is 5.10. The van der Waals surface area contributed by atoms with E-state index in [0.29, 0.717) is 5.69 Å². The SMILES string of the molecule is NC(=S)c1cncc(Oc2cccc([N+](=O)[O-])c2)n1. The highest BCUT2D eigenvalue weighted by molar-refractivity contribution is 7.80. The summed E-state index contributed by atoms with van der Waals surface area (Å²) >= 11 is 4.77. The molecule has 1 heterocycles. The van der Waals surface area contributed by atoms with Gasteiger partial charge in [0.05, 0.1) is 23.4 Å². The Bertz CT molecular complexity index is 592. The maximum atomic E-state index is 10.6. The largest absolute Gasteiger partial charge is 0.437 e. The van der Waals surface area contributed by atoms with E-state index in [1.54, 1.807) is 6.07 Å². The molecule has 2 aromatic rings. The number of nitro groups is 1. The molecule has 0 spiro atoms. The summed E-state index contributed by atoms with van der Waals surface area (Å²) in [4.78, 5) is 18.1. The second kappa shape index (κ2) is 5.36. The van der Waals surface area contributed by atoms with E-state index >= 15 is 0 Å². The van der Waals surface area contributed by atoms with Crippen LogP contribution in [0.2, 0.25) is 0 Å². The minimum absolute atomic E-state index is 0.0732. The van der Waals surface area contributed by atoms with Crippen molar-refractivity contribution in [2.45, 2.75) is 0 Å². The number of nitrogens with zero attached hydrogens (tertiary/aromatic N) is 3. The predicted octanol–water partition coefficient (Wildman–Crippen LogP) is 1.81. The van der Waals surface area contributed by atoms with Gasteiger partial charge in [0.15, 0.2) is 0 Å². The molecule has 0 saturated heterocycles. The number of ether oxygens (including phenoxy) is 1. The molecule has 0 aliphatic carbocycles. The lowest BCUT2D eigenvalue weighted by molar-refractivity contribution is -0.384. The Morgan fingerprint density at radius 1 is 1.42 bits per heavy atom. The Hall–Kier alpha value is -2.61.